The van der Waals surface area contributed by atoms with Crippen LogP contribution in [0.4, 0.5) is 0 Å². The van der Waals surface area contributed by atoms with Gasteiger partial charge in [0.15, 0.2) is 0 Å². The van der Waals surface area contributed by atoms with Gasteiger partial charge in [0.05, 0.1) is 12.7 Å². The maximum Gasteiger partial charge on any atom is 0.0591 e. The highest BCUT2D eigenvalue weighted by atomic mass is 16.5. The average Bonchev–Trinajstić information content (AvgIpc) is 2.80. The number of nitrogens with two attached hydrogens (primary N) is 1. The summed E-state index contributed by atoms with van der Waals surface area (Å²) >= 11 is 0. The molecule has 0 aromatic heterocycles. The number of hydrogen-bond donors (Lipinski definition) is 2. The van der Waals surface area contributed by atoms with Crippen molar-refractivity contribution in [3.63, 3.8) is 0 Å². The van der Waals surface area contributed by atoms with Gasteiger partial charge in [-0.3, -0.25) is 11.3 Å². The molecule has 4 nitrogen and oxygen atoms in total. The van der Waals surface area contributed by atoms with Crippen LogP contribution in [0.3, 0.4) is 0 Å². The molecule has 2 fully saturated rings. The number of ether oxygens (including phenoxy) is 2. The molecular formula is C11H22N2O2. The second-order valence-corrected chi connectivity index (χ2v) is 4.62. The van der Waals surface area contributed by atoms with Crippen LogP contribution >= 0.6 is 0 Å². The minimum Gasteiger partial charge on any atom is -0.381 e. The average molecular weight is 214 g/mol. The summed E-state index contributed by atoms with van der Waals surface area (Å²) in [5, 5.41) is 0. The highest BCUT2D eigenvalue weighted by Gasteiger charge is 2.27. The molecule has 2 heterocycles. The molecule has 3 unspecified atom stereocenters. The zero-order valence-electron chi connectivity index (χ0n) is 9.28. The fraction of sp³-hybridized carbons (Fsp3) is 1.00. The molecule has 3 N–H and O–H groups in total. The van der Waals surface area contributed by atoms with E-state index in [2.05, 4.69) is 5.43 Å². The summed E-state index contributed by atoms with van der Waals surface area (Å²) in [6, 6.07) is 0.355. The first-order valence-electron chi connectivity index (χ1n) is 6.05. The molecule has 0 aromatic rings. The lowest BCUT2D eigenvalue weighted by Crippen LogP contribution is -2.45. The van der Waals surface area contributed by atoms with Crippen LogP contribution in [0.5, 0.6) is 0 Å². The Kier molecular flexibility index (Phi) is 4.38. The normalized spacial score (nSPS) is 34.2. The Balaban J connectivity index is 1.79. The van der Waals surface area contributed by atoms with Crippen LogP contribution in [0, 0.1) is 5.92 Å². The van der Waals surface area contributed by atoms with Gasteiger partial charge < -0.3 is 9.47 Å². The quantitative estimate of drug-likeness (QED) is 0.537. The molecule has 3 atom stereocenters. The molecule has 2 rings (SSSR count). The maximum absolute atomic E-state index is 5.64. The lowest BCUT2D eigenvalue weighted by atomic mass is 9.90. The van der Waals surface area contributed by atoms with Crippen molar-refractivity contribution in [3.8, 4) is 0 Å². The van der Waals surface area contributed by atoms with Crippen molar-refractivity contribution in [2.45, 2.75) is 44.2 Å². The van der Waals surface area contributed by atoms with E-state index in [1.54, 1.807) is 0 Å². The minimum atomic E-state index is 0.355. The summed E-state index contributed by atoms with van der Waals surface area (Å²) in [6.07, 6.45) is 6.21. The fourth-order valence-corrected chi connectivity index (χ4v) is 2.59. The topological polar surface area (TPSA) is 56.5 Å². The molecule has 2 saturated heterocycles. The van der Waals surface area contributed by atoms with Crippen LogP contribution in [0.15, 0.2) is 0 Å². The van der Waals surface area contributed by atoms with Crippen LogP contribution < -0.4 is 11.3 Å². The Morgan fingerprint density at radius 3 is 2.73 bits per heavy atom. The van der Waals surface area contributed by atoms with Crippen LogP contribution in [-0.4, -0.2) is 32.0 Å². The summed E-state index contributed by atoms with van der Waals surface area (Å²) in [5.74, 6) is 6.18. The molecule has 0 saturated carbocycles. The third-order valence-corrected chi connectivity index (χ3v) is 3.52. The lowest BCUT2D eigenvalue weighted by Gasteiger charge is -2.31. The second kappa shape index (κ2) is 5.80. The lowest BCUT2D eigenvalue weighted by molar-refractivity contribution is 0.0234. The molecule has 2 aliphatic rings. The van der Waals surface area contributed by atoms with E-state index in [0.717, 1.165) is 32.7 Å². The molecular weight excluding hydrogens is 192 g/mol. The van der Waals surface area contributed by atoms with Gasteiger partial charge in [-0.15, -0.1) is 0 Å². The van der Waals surface area contributed by atoms with Gasteiger partial charge in [-0.1, -0.05) is 0 Å². The summed E-state index contributed by atoms with van der Waals surface area (Å²) in [6.45, 7) is 2.68. The van der Waals surface area contributed by atoms with E-state index in [1.165, 1.54) is 19.3 Å². The third-order valence-electron chi connectivity index (χ3n) is 3.52. The van der Waals surface area contributed by atoms with E-state index in [4.69, 9.17) is 15.3 Å². The fourth-order valence-electron chi connectivity index (χ4n) is 2.59. The molecule has 0 aromatic carbocycles. The van der Waals surface area contributed by atoms with Crippen LogP contribution in [0.1, 0.15) is 32.1 Å². The van der Waals surface area contributed by atoms with E-state index >= 15 is 0 Å². The van der Waals surface area contributed by atoms with Crippen molar-refractivity contribution < 1.29 is 9.47 Å². The number of hydrogen-bond acceptors (Lipinski definition) is 4. The third kappa shape index (κ3) is 3.14. The van der Waals surface area contributed by atoms with Crippen LogP contribution in [0.2, 0.25) is 0 Å². The van der Waals surface area contributed by atoms with Crippen molar-refractivity contribution in [1.82, 2.24) is 5.43 Å². The standard InChI is InChI=1S/C11H22N2O2/c12-13-11(7-10-4-2-6-15-10)9-3-1-5-14-8-9/h9-11,13H,1-8,12H2. The predicted octanol–water partition coefficient (Wildman–Crippen LogP) is 0.814. The summed E-state index contributed by atoms with van der Waals surface area (Å²) in [4.78, 5) is 0. The van der Waals surface area contributed by atoms with Gasteiger partial charge in [0.1, 0.15) is 0 Å². The molecule has 15 heavy (non-hydrogen) atoms. The number of hydrazine groups is 1. The number of nitrogens with one attached hydrogen (secondary N) is 1. The van der Waals surface area contributed by atoms with E-state index in [-0.39, 0.29) is 0 Å². The van der Waals surface area contributed by atoms with E-state index < -0.39 is 0 Å². The van der Waals surface area contributed by atoms with Crippen molar-refractivity contribution in [1.29, 1.82) is 0 Å². The maximum atomic E-state index is 5.64. The minimum absolute atomic E-state index is 0.355. The van der Waals surface area contributed by atoms with E-state index in [0.29, 0.717) is 18.1 Å². The number of rotatable bonds is 4. The Hall–Kier alpha value is -0.160. The van der Waals surface area contributed by atoms with Gasteiger partial charge in [0.25, 0.3) is 0 Å². The summed E-state index contributed by atoms with van der Waals surface area (Å²) in [5.41, 5.74) is 2.94. The molecule has 4 heteroatoms. The van der Waals surface area contributed by atoms with Crippen molar-refractivity contribution in [2.75, 3.05) is 19.8 Å². The zero-order valence-corrected chi connectivity index (χ0v) is 9.28. The van der Waals surface area contributed by atoms with Gasteiger partial charge in [0.2, 0.25) is 0 Å². The molecule has 0 spiro atoms. The van der Waals surface area contributed by atoms with Gasteiger partial charge >= 0.3 is 0 Å². The largest absolute Gasteiger partial charge is 0.381 e. The first-order valence-corrected chi connectivity index (χ1v) is 6.05. The SMILES string of the molecule is NNC(CC1CCCO1)C1CCCOC1. The molecule has 0 amide bonds. The van der Waals surface area contributed by atoms with Gasteiger partial charge in [-0.2, -0.15) is 0 Å². The Morgan fingerprint density at radius 1 is 1.27 bits per heavy atom. The first kappa shape index (κ1) is 11.3. The Labute approximate surface area is 91.5 Å². The zero-order chi connectivity index (χ0) is 10.5. The van der Waals surface area contributed by atoms with Gasteiger partial charge in [0, 0.05) is 19.3 Å². The highest BCUT2D eigenvalue weighted by Crippen LogP contribution is 2.24. The van der Waals surface area contributed by atoms with Crippen molar-refractivity contribution >= 4 is 0 Å². The van der Waals surface area contributed by atoms with Crippen molar-refractivity contribution in [2.24, 2.45) is 11.8 Å². The summed E-state index contributed by atoms with van der Waals surface area (Å²) < 4.78 is 11.1. The van der Waals surface area contributed by atoms with Crippen LogP contribution in [0.25, 0.3) is 0 Å². The first-order chi connectivity index (χ1) is 7.40. The van der Waals surface area contributed by atoms with Gasteiger partial charge in [-0.25, -0.2) is 0 Å². The highest BCUT2D eigenvalue weighted by molar-refractivity contribution is 4.81. The van der Waals surface area contributed by atoms with Crippen molar-refractivity contribution in [3.05, 3.63) is 0 Å². The van der Waals surface area contributed by atoms with Crippen LogP contribution in [-0.2, 0) is 9.47 Å². The summed E-state index contributed by atoms with van der Waals surface area (Å²) in [7, 11) is 0. The molecule has 0 radical (unpaired) electrons. The second-order valence-electron chi connectivity index (χ2n) is 4.62. The Bertz CT molecular complexity index is 177. The predicted molar refractivity (Wildman–Crippen MR) is 58.2 cm³/mol. The monoisotopic (exact) mass is 214 g/mol. The van der Waals surface area contributed by atoms with E-state index in [1.807, 2.05) is 0 Å². The molecule has 2 aliphatic heterocycles. The van der Waals surface area contributed by atoms with E-state index in [9.17, 15) is 0 Å². The molecule has 0 aliphatic carbocycles. The molecule has 88 valence electrons. The molecule has 0 bridgehead atoms. The van der Waals surface area contributed by atoms with Gasteiger partial charge in [-0.05, 0) is 38.0 Å². The smallest absolute Gasteiger partial charge is 0.0591 e. The Morgan fingerprint density at radius 2 is 2.13 bits per heavy atom.